The van der Waals surface area contributed by atoms with Gasteiger partial charge in [-0.2, -0.15) is 5.26 Å². The molecule has 1 aliphatic rings. The Morgan fingerprint density at radius 3 is 2.82 bits per heavy atom. The molecule has 22 heavy (non-hydrogen) atoms. The summed E-state index contributed by atoms with van der Waals surface area (Å²) in [6.45, 7) is 7.17. The van der Waals surface area contributed by atoms with E-state index in [0.717, 1.165) is 38.0 Å². The molecular weight excluding hydrogens is 276 g/mol. The van der Waals surface area contributed by atoms with Crippen LogP contribution in [0.2, 0.25) is 0 Å². The van der Waals surface area contributed by atoms with E-state index in [9.17, 15) is 4.79 Å². The van der Waals surface area contributed by atoms with Gasteiger partial charge in [-0.15, -0.1) is 0 Å². The number of carbonyl (C=O) groups excluding carboxylic acids is 1. The average molecular weight is 300 g/mol. The second-order valence-corrected chi connectivity index (χ2v) is 5.81. The Morgan fingerprint density at radius 1 is 1.45 bits per heavy atom. The first-order valence-electron chi connectivity index (χ1n) is 7.91. The van der Waals surface area contributed by atoms with Crippen molar-refractivity contribution in [3.05, 3.63) is 35.4 Å². The molecule has 2 rings (SSSR count). The van der Waals surface area contributed by atoms with E-state index >= 15 is 0 Å². The maximum atomic E-state index is 12.1. The topological polar surface area (TPSA) is 68.2 Å². The molecule has 0 aromatic heterocycles. The Balaban J connectivity index is 1.84. The SMILES string of the molecule is CCN1CCCC(NC(=O)NC(C)c2ccc(C#N)cc2)C1. The number of likely N-dealkylation sites (N-methyl/N-ethyl adjacent to an activating group) is 1. The van der Waals surface area contributed by atoms with E-state index < -0.39 is 0 Å². The van der Waals surface area contributed by atoms with Gasteiger partial charge < -0.3 is 15.5 Å². The monoisotopic (exact) mass is 300 g/mol. The molecule has 0 bridgehead atoms. The largest absolute Gasteiger partial charge is 0.334 e. The van der Waals surface area contributed by atoms with Crippen molar-refractivity contribution in [2.75, 3.05) is 19.6 Å². The molecule has 0 aliphatic carbocycles. The third kappa shape index (κ3) is 4.47. The Labute approximate surface area is 132 Å². The Bertz CT molecular complexity index is 535. The van der Waals surface area contributed by atoms with Crippen molar-refractivity contribution in [1.82, 2.24) is 15.5 Å². The number of nitrogens with zero attached hydrogens (tertiary/aromatic N) is 2. The molecule has 2 amide bonds. The number of hydrogen-bond acceptors (Lipinski definition) is 3. The maximum Gasteiger partial charge on any atom is 0.315 e. The zero-order chi connectivity index (χ0) is 15.9. The van der Waals surface area contributed by atoms with Crippen LogP contribution in [-0.2, 0) is 0 Å². The summed E-state index contributed by atoms with van der Waals surface area (Å²) in [7, 11) is 0. The van der Waals surface area contributed by atoms with Gasteiger partial charge in [-0.05, 0) is 50.6 Å². The van der Waals surface area contributed by atoms with Gasteiger partial charge in [-0.3, -0.25) is 0 Å². The van der Waals surface area contributed by atoms with Crippen LogP contribution in [0.1, 0.15) is 43.9 Å². The highest BCUT2D eigenvalue weighted by atomic mass is 16.2. The number of likely N-dealkylation sites (tertiary alicyclic amines) is 1. The van der Waals surface area contributed by atoms with Crippen LogP contribution in [0.3, 0.4) is 0 Å². The smallest absolute Gasteiger partial charge is 0.315 e. The summed E-state index contributed by atoms with van der Waals surface area (Å²) in [5, 5.41) is 14.8. The van der Waals surface area contributed by atoms with Crippen LogP contribution in [0.5, 0.6) is 0 Å². The number of benzene rings is 1. The summed E-state index contributed by atoms with van der Waals surface area (Å²) in [4.78, 5) is 14.5. The van der Waals surface area contributed by atoms with Crippen LogP contribution in [0.15, 0.2) is 24.3 Å². The third-order valence-electron chi connectivity index (χ3n) is 4.18. The lowest BCUT2D eigenvalue weighted by Crippen LogP contribution is -2.50. The minimum absolute atomic E-state index is 0.0846. The van der Waals surface area contributed by atoms with Gasteiger partial charge in [0.05, 0.1) is 17.7 Å². The number of nitriles is 1. The minimum atomic E-state index is -0.125. The second kappa shape index (κ2) is 7.81. The summed E-state index contributed by atoms with van der Waals surface area (Å²) in [6.07, 6.45) is 2.17. The van der Waals surface area contributed by atoms with Crippen molar-refractivity contribution in [3.63, 3.8) is 0 Å². The summed E-state index contributed by atoms with van der Waals surface area (Å²) in [6, 6.07) is 9.40. The number of nitrogens with one attached hydrogen (secondary N) is 2. The maximum absolute atomic E-state index is 12.1. The van der Waals surface area contributed by atoms with Gasteiger partial charge in [0.15, 0.2) is 0 Å². The first-order chi connectivity index (χ1) is 10.6. The first-order valence-corrected chi connectivity index (χ1v) is 7.91. The molecule has 2 N–H and O–H groups in total. The number of hydrogen-bond donors (Lipinski definition) is 2. The van der Waals surface area contributed by atoms with Crippen LogP contribution in [0, 0.1) is 11.3 Å². The summed E-state index contributed by atoms with van der Waals surface area (Å²) >= 11 is 0. The van der Waals surface area contributed by atoms with Crippen LogP contribution in [0.4, 0.5) is 4.79 Å². The molecule has 1 aromatic carbocycles. The molecule has 1 fully saturated rings. The van der Waals surface area contributed by atoms with Crippen LogP contribution < -0.4 is 10.6 Å². The fraction of sp³-hybridized carbons (Fsp3) is 0.529. The van der Waals surface area contributed by atoms with Gasteiger partial charge >= 0.3 is 6.03 Å². The molecule has 0 spiro atoms. The predicted molar refractivity (Wildman–Crippen MR) is 86.4 cm³/mol. The zero-order valence-corrected chi connectivity index (χ0v) is 13.3. The highest BCUT2D eigenvalue weighted by Crippen LogP contribution is 2.13. The van der Waals surface area contributed by atoms with Crippen molar-refractivity contribution >= 4 is 6.03 Å². The Kier molecular flexibility index (Phi) is 5.79. The lowest BCUT2D eigenvalue weighted by atomic mass is 10.1. The lowest BCUT2D eigenvalue weighted by Gasteiger charge is -2.32. The third-order valence-corrected chi connectivity index (χ3v) is 4.18. The molecule has 0 radical (unpaired) electrons. The minimum Gasteiger partial charge on any atom is -0.334 e. The first kappa shape index (κ1) is 16.3. The molecule has 0 saturated carbocycles. The molecule has 5 nitrogen and oxygen atoms in total. The van der Waals surface area contributed by atoms with Crippen LogP contribution >= 0.6 is 0 Å². The number of piperidine rings is 1. The van der Waals surface area contributed by atoms with Gasteiger partial charge in [-0.25, -0.2) is 4.79 Å². The lowest BCUT2D eigenvalue weighted by molar-refractivity contribution is 0.191. The molecule has 1 aromatic rings. The van der Waals surface area contributed by atoms with E-state index in [1.807, 2.05) is 19.1 Å². The fourth-order valence-corrected chi connectivity index (χ4v) is 2.81. The van der Waals surface area contributed by atoms with Crippen molar-refractivity contribution in [2.45, 2.75) is 38.8 Å². The molecule has 1 aliphatic heterocycles. The Hall–Kier alpha value is -2.06. The van der Waals surface area contributed by atoms with Crippen molar-refractivity contribution < 1.29 is 4.79 Å². The van der Waals surface area contributed by atoms with Crippen LogP contribution in [-0.4, -0.2) is 36.6 Å². The molecule has 118 valence electrons. The number of amides is 2. The van der Waals surface area contributed by atoms with E-state index in [1.54, 1.807) is 12.1 Å². The van der Waals surface area contributed by atoms with E-state index in [1.165, 1.54) is 0 Å². The van der Waals surface area contributed by atoms with Crippen molar-refractivity contribution in [2.24, 2.45) is 0 Å². The number of rotatable bonds is 4. The molecule has 2 unspecified atom stereocenters. The molecule has 1 saturated heterocycles. The zero-order valence-electron chi connectivity index (χ0n) is 13.3. The van der Waals surface area contributed by atoms with Gasteiger partial charge in [0.25, 0.3) is 0 Å². The second-order valence-electron chi connectivity index (χ2n) is 5.81. The average Bonchev–Trinajstić information content (AvgIpc) is 2.55. The fourth-order valence-electron chi connectivity index (χ4n) is 2.81. The van der Waals surface area contributed by atoms with E-state index in [-0.39, 0.29) is 18.1 Å². The normalized spacial score (nSPS) is 20.0. The van der Waals surface area contributed by atoms with Gasteiger partial charge in [-0.1, -0.05) is 19.1 Å². The van der Waals surface area contributed by atoms with Gasteiger partial charge in [0, 0.05) is 12.6 Å². The highest BCUT2D eigenvalue weighted by molar-refractivity contribution is 5.74. The summed E-state index contributed by atoms with van der Waals surface area (Å²) < 4.78 is 0. The summed E-state index contributed by atoms with van der Waals surface area (Å²) in [5.74, 6) is 0. The number of carbonyl (C=O) groups is 1. The standard InChI is InChI=1S/C17H24N4O/c1-3-21-10-4-5-16(12-21)20-17(22)19-13(2)15-8-6-14(11-18)7-9-15/h6-9,13,16H,3-5,10,12H2,1-2H3,(H2,19,20,22). The quantitative estimate of drug-likeness (QED) is 0.897. The van der Waals surface area contributed by atoms with E-state index in [2.05, 4.69) is 28.5 Å². The number of urea groups is 1. The summed E-state index contributed by atoms with van der Waals surface area (Å²) in [5.41, 5.74) is 1.62. The van der Waals surface area contributed by atoms with Crippen molar-refractivity contribution in [3.8, 4) is 6.07 Å². The molecular formula is C17H24N4O. The molecule has 5 heteroatoms. The van der Waals surface area contributed by atoms with Gasteiger partial charge in [0.1, 0.15) is 0 Å². The van der Waals surface area contributed by atoms with Crippen LogP contribution in [0.25, 0.3) is 0 Å². The van der Waals surface area contributed by atoms with E-state index in [4.69, 9.17) is 5.26 Å². The Morgan fingerprint density at radius 2 is 2.18 bits per heavy atom. The van der Waals surface area contributed by atoms with Crippen molar-refractivity contribution in [1.29, 1.82) is 5.26 Å². The predicted octanol–water partition coefficient (Wildman–Crippen LogP) is 2.40. The van der Waals surface area contributed by atoms with Gasteiger partial charge in [0.2, 0.25) is 0 Å². The highest BCUT2D eigenvalue weighted by Gasteiger charge is 2.20. The van der Waals surface area contributed by atoms with E-state index in [0.29, 0.717) is 5.56 Å². The molecule has 2 atom stereocenters. The molecule has 1 heterocycles.